The van der Waals surface area contributed by atoms with Crippen LogP contribution in [-0.2, 0) is 4.79 Å². The van der Waals surface area contributed by atoms with Gasteiger partial charge in [0.15, 0.2) is 6.10 Å². The molecule has 0 bridgehead atoms. The molecule has 0 aliphatic carbocycles. The first-order valence-electron chi connectivity index (χ1n) is 5.08. The number of amides is 3. The van der Waals surface area contributed by atoms with Crippen molar-refractivity contribution < 1.29 is 18.7 Å². The first kappa shape index (κ1) is 14.2. The molecule has 1 rings (SSSR count). The van der Waals surface area contributed by atoms with E-state index in [1.807, 2.05) is 0 Å². The average Bonchev–Trinajstić information content (AvgIpc) is 2.33. The Morgan fingerprint density at radius 1 is 1.44 bits per heavy atom. The minimum absolute atomic E-state index is 0.105. The van der Waals surface area contributed by atoms with Gasteiger partial charge >= 0.3 is 6.03 Å². The predicted octanol–water partition coefficient (Wildman–Crippen LogP) is 1.70. The molecule has 0 aliphatic rings. The second-order valence-electron chi connectivity index (χ2n) is 3.40. The number of benzene rings is 1. The Labute approximate surface area is 108 Å². The molecule has 0 fully saturated rings. The van der Waals surface area contributed by atoms with Crippen molar-refractivity contribution in [2.45, 2.75) is 13.0 Å². The number of urea groups is 1. The number of ether oxygens (including phenoxy) is 1. The van der Waals surface area contributed by atoms with Crippen LogP contribution in [0.3, 0.4) is 0 Å². The van der Waals surface area contributed by atoms with Crippen molar-refractivity contribution in [3.63, 3.8) is 0 Å². The molecular formula is C11H12ClFN2O3. The third-order valence-electron chi connectivity index (χ3n) is 2.04. The highest BCUT2D eigenvalue weighted by atomic mass is 35.5. The van der Waals surface area contributed by atoms with E-state index in [1.165, 1.54) is 26.1 Å². The molecule has 1 aromatic carbocycles. The van der Waals surface area contributed by atoms with Gasteiger partial charge in [-0.2, -0.15) is 0 Å². The summed E-state index contributed by atoms with van der Waals surface area (Å²) in [5, 5.41) is 4.18. The second kappa shape index (κ2) is 6.20. The van der Waals surface area contributed by atoms with Gasteiger partial charge in [0.1, 0.15) is 11.6 Å². The van der Waals surface area contributed by atoms with Crippen LogP contribution >= 0.6 is 11.6 Å². The van der Waals surface area contributed by atoms with Crippen LogP contribution in [0, 0.1) is 5.82 Å². The number of rotatable bonds is 3. The van der Waals surface area contributed by atoms with Crippen molar-refractivity contribution in [1.29, 1.82) is 0 Å². The highest BCUT2D eigenvalue weighted by Crippen LogP contribution is 2.21. The number of imide groups is 1. The van der Waals surface area contributed by atoms with Crippen LogP contribution in [0.15, 0.2) is 18.2 Å². The highest BCUT2D eigenvalue weighted by Gasteiger charge is 2.17. The van der Waals surface area contributed by atoms with Gasteiger partial charge in [-0.25, -0.2) is 9.18 Å². The van der Waals surface area contributed by atoms with E-state index >= 15 is 0 Å². The summed E-state index contributed by atoms with van der Waals surface area (Å²) in [5.74, 6) is -0.956. The van der Waals surface area contributed by atoms with E-state index in [9.17, 15) is 14.0 Å². The number of carbonyl (C=O) groups excluding carboxylic acids is 2. The summed E-state index contributed by atoms with van der Waals surface area (Å²) in [7, 11) is 1.38. The smallest absolute Gasteiger partial charge is 0.321 e. The van der Waals surface area contributed by atoms with Crippen molar-refractivity contribution in [3.8, 4) is 5.75 Å². The number of hydrogen-bond donors (Lipinski definition) is 2. The SMILES string of the molecule is CNC(=O)NC(=O)C(C)Oc1ccc(F)c(Cl)c1. The molecule has 0 heterocycles. The summed E-state index contributed by atoms with van der Waals surface area (Å²) in [4.78, 5) is 22.4. The van der Waals surface area contributed by atoms with E-state index in [1.54, 1.807) is 0 Å². The van der Waals surface area contributed by atoms with E-state index in [0.29, 0.717) is 0 Å². The number of halogens is 2. The molecule has 0 spiro atoms. The summed E-state index contributed by atoms with van der Waals surface area (Å²) in [6.07, 6.45) is -0.913. The molecule has 7 heteroatoms. The zero-order valence-corrected chi connectivity index (χ0v) is 10.5. The fourth-order valence-electron chi connectivity index (χ4n) is 1.08. The van der Waals surface area contributed by atoms with Crippen LogP contribution < -0.4 is 15.4 Å². The molecule has 2 N–H and O–H groups in total. The van der Waals surface area contributed by atoms with E-state index in [2.05, 4.69) is 10.6 Å². The van der Waals surface area contributed by atoms with Gasteiger partial charge in [-0.3, -0.25) is 10.1 Å². The summed E-state index contributed by atoms with van der Waals surface area (Å²) >= 11 is 5.56. The number of carbonyl (C=O) groups is 2. The Balaban J connectivity index is 2.63. The Bertz CT molecular complexity index is 468. The third kappa shape index (κ3) is 3.89. The Kier molecular flexibility index (Phi) is 4.91. The largest absolute Gasteiger partial charge is 0.481 e. The van der Waals surface area contributed by atoms with E-state index < -0.39 is 23.9 Å². The molecule has 0 aromatic heterocycles. The van der Waals surface area contributed by atoms with Crippen molar-refractivity contribution in [3.05, 3.63) is 29.0 Å². The lowest BCUT2D eigenvalue weighted by molar-refractivity contribution is -0.126. The molecule has 0 aliphatic heterocycles. The van der Waals surface area contributed by atoms with Gasteiger partial charge in [-0.15, -0.1) is 0 Å². The first-order chi connectivity index (χ1) is 8.43. The van der Waals surface area contributed by atoms with Gasteiger partial charge < -0.3 is 10.1 Å². The zero-order chi connectivity index (χ0) is 13.7. The van der Waals surface area contributed by atoms with Crippen molar-refractivity contribution in [1.82, 2.24) is 10.6 Å². The molecule has 1 aromatic rings. The summed E-state index contributed by atoms with van der Waals surface area (Å²) < 4.78 is 18.1. The molecule has 5 nitrogen and oxygen atoms in total. The van der Waals surface area contributed by atoms with Crippen LogP contribution in [-0.4, -0.2) is 25.1 Å². The molecule has 98 valence electrons. The van der Waals surface area contributed by atoms with E-state index in [0.717, 1.165) is 6.07 Å². The Morgan fingerprint density at radius 2 is 2.11 bits per heavy atom. The van der Waals surface area contributed by atoms with E-state index in [-0.39, 0.29) is 10.8 Å². The van der Waals surface area contributed by atoms with Gasteiger partial charge in [-0.05, 0) is 19.1 Å². The summed E-state index contributed by atoms with van der Waals surface area (Å²) in [6, 6.07) is 3.08. The molecule has 0 radical (unpaired) electrons. The third-order valence-corrected chi connectivity index (χ3v) is 2.33. The molecule has 1 unspecified atom stereocenters. The second-order valence-corrected chi connectivity index (χ2v) is 3.81. The topological polar surface area (TPSA) is 67.4 Å². The first-order valence-corrected chi connectivity index (χ1v) is 5.46. The average molecular weight is 275 g/mol. The zero-order valence-electron chi connectivity index (χ0n) is 9.79. The maximum atomic E-state index is 12.9. The standard InChI is InChI=1S/C11H12ClFN2O3/c1-6(10(16)15-11(17)14-2)18-7-3-4-9(13)8(12)5-7/h3-6H,1-2H3,(H2,14,15,16,17). The fraction of sp³-hybridized carbons (Fsp3) is 0.273. The number of hydrogen-bond acceptors (Lipinski definition) is 3. The van der Waals surface area contributed by atoms with Crippen LogP contribution in [0.5, 0.6) is 5.75 Å². The molecule has 3 amide bonds. The highest BCUT2D eigenvalue weighted by molar-refractivity contribution is 6.30. The summed E-state index contributed by atoms with van der Waals surface area (Å²) in [5.41, 5.74) is 0. The minimum Gasteiger partial charge on any atom is -0.481 e. The summed E-state index contributed by atoms with van der Waals surface area (Å²) in [6.45, 7) is 1.45. The van der Waals surface area contributed by atoms with Gasteiger partial charge in [0, 0.05) is 13.1 Å². The molecule has 1 atom stereocenters. The fourth-order valence-corrected chi connectivity index (χ4v) is 1.25. The van der Waals surface area contributed by atoms with Crippen LogP contribution in [0.4, 0.5) is 9.18 Å². The maximum absolute atomic E-state index is 12.9. The monoisotopic (exact) mass is 274 g/mol. The van der Waals surface area contributed by atoms with E-state index in [4.69, 9.17) is 16.3 Å². The maximum Gasteiger partial charge on any atom is 0.321 e. The van der Waals surface area contributed by atoms with Gasteiger partial charge in [0.05, 0.1) is 5.02 Å². The molecule has 18 heavy (non-hydrogen) atoms. The van der Waals surface area contributed by atoms with Crippen molar-refractivity contribution >= 4 is 23.5 Å². The lowest BCUT2D eigenvalue weighted by atomic mass is 10.3. The Hall–Kier alpha value is -1.82. The van der Waals surface area contributed by atoms with Crippen molar-refractivity contribution in [2.75, 3.05) is 7.05 Å². The lowest BCUT2D eigenvalue weighted by Crippen LogP contribution is -2.43. The quantitative estimate of drug-likeness (QED) is 0.882. The molecule has 0 saturated carbocycles. The molecular weight excluding hydrogens is 263 g/mol. The lowest BCUT2D eigenvalue weighted by Gasteiger charge is -2.14. The number of nitrogens with one attached hydrogen (secondary N) is 2. The molecule has 0 saturated heterocycles. The minimum atomic E-state index is -0.913. The van der Waals surface area contributed by atoms with Crippen LogP contribution in [0.1, 0.15) is 6.92 Å². The van der Waals surface area contributed by atoms with Crippen LogP contribution in [0.25, 0.3) is 0 Å². The van der Waals surface area contributed by atoms with Crippen LogP contribution in [0.2, 0.25) is 5.02 Å². The van der Waals surface area contributed by atoms with Crippen molar-refractivity contribution in [2.24, 2.45) is 0 Å². The normalized spacial score (nSPS) is 11.6. The van der Waals surface area contributed by atoms with Gasteiger partial charge in [-0.1, -0.05) is 11.6 Å². The Morgan fingerprint density at radius 3 is 2.67 bits per heavy atom. The van der Waals surface area contributed by atoms with Gasteiger partial charge in [0.25, 0.3) is 5.91 Å². The predicted molar refractivity (Wildman–Crippen MR) is 64.1 cm³/mol. The van der Waals surface area contributed by atoms with Gasteiger partial charge in [0.2, 0.25) is 0 Å².